The predicted octanol–water partition coefficient (Wildman–Crippen LogP) is 18.0. The number of hydrogen-bond acceptors (Lipinski definition) is 23. The molecule has 0 amide bonds. The van der Waals surface area contributed by atoms with Crippen LogP contribution in [0.5, 0.6) is 23.4 Å². The average molecular weight is 1980 g/mol. The van der Waals surface area contributed by atoms with Crippen LogP contribution < -0.4 is 43.9 Å². The summed E-state index contributed by atoms with van der Waals surface area (Å²) >= 11 is 61.6. The molecular formula is C78H86Cl10F3IN14O14. The molecule has 5 aliphatic heterocycles. The number of hydrogen-bond donors (Lipinski definition) is 7. The summed E-state index contributed by atoms with van der Waals surface area (Å²) in [7, 11) is 1.62. The molecule has 42 heteroatoms. The number of alkyl halides is 3. The van der Waals surface area contributed by atoms with Crippen LogP contribution in [0.25, 0.3) is 0 Å². The highest BCUT2D eigenvalue weighted by molar-refractivity contribution is 14.1. The number of aromatic carboxylic acids is 1. The number of carboxylic acids is 2. The number of nitrogens with zero attached hydrogens (tertiary/aromatic N) is 11. The van der Waals surface area contributed by atoms with Crippen LogP contribution in [0.2, 0.25) is 50.2 Å². The van der Waals surface area contributed by atoms with Crippen molar-refractivity contribution in [2.45, 2.75) is 121 Å². The van der Waals surface area contributed by atoms with Gasteiger partial charge in [-0.05, 0) is 184 Å². The fourth-order valence-electron chi connectivity index (χ4n) is 12.1. The first-order valence-electron chi connectivity index (χ1n) is 37.5. The Hall–Kier alpha value is -7.68. The predicted molar refractivity (Wildman–Crippen MR) is 466 cm³/mol. The maximum Gasteiger partial charge on any atom is 0.490 e. The molecule has 28 nitrogen and oxygen atoms in total. The van der Waals surface area contributed by atoms with Crippen molar-refractivity contribution in [2.75, 3.05) is 105 Å². The maximum atomic E-state index is 12.5. The Labute approximate surface area is 753 Å². The quantitative estimate of drug-likeness (QED) is 0.0238. The number of esters is 2. The van der Waals surface area contributed by atoms with Gasteiger partial charge in [-0.3, -0.25) is 0 Å². The second kappa shape index (κ2) is 49.0. The minimum Gasteiger partial charge on any atom is -0.497 e. The number of rotatable bonds is 18. The number of aliphatic hydroxyl groups excluding tert-OH is 2. The lowest BCUT2D eigenvalue weighted by Crippen LogP contribution is -2.38. The summed E-state index contributed by atoms with van der Waals surface area (Å²) in [5.41, 5.74) is 5.21. The van der Waals surface area contributed by atoms with Gasteiger partial charge in [-0.25, -0.2) is 34.1 Å². The molecule has 5 aliphatic rings. The Morgan fingerprint density at radius 2 is 0.833 bits per heavy atom. The van der Waals surface area contributed by atoms with E-state index in [0.717, 1.165) is 167 Å². The number of piperidine rings is 5. The van der Waals surface area contributed by atoms with Gasteiger partial charge >= 0.3 is 30.1 Å². The van der Waals surface area contributed by atoms with Crippen LogP contribution in [0.15, 0.2) is 115 Å². The molecule has 0 saturated carbocycles. The normalized spacial score (nSPS) is 15.3. The van der Waals surface area contributed by atoms with E-state index in [1.165, 1.54) is 0 Å². The molecule has 14 rings (SSSR count). The standard InChI is InChI=1S/C24H26Cl2N4O4.C16H18Cl2N4O3.C14H14Cl2N4O3.C11H13Cl2NO.C6H3Cl2I.C5H11NO.C2HF3O2/c1-3-33-24(31)22-23(30(28-27-22)15-16-4-7-18(32-2)8-5-16)34-19-10-12-29(13-11-19)17-6-9-20(25)21(26)14-17;1-2-24-16(23)14-15(20-21-19-14)25-11-5-7-22(8-6-11)10-3-4-12(17)13(18)9-10;15-10-2-1-8(7-11(10)16)20-5-3-9(4-6-20)23-13-12(14(21)22)17-19-18-13;12-10-2-1-8(7-11(10)13)14-5-3-9(15)4-6-14;7-5-2-1-4(9)3-6(5)8;7-5-1-3-6-4-2-5;3-2(4,5)1(6)7/h4-9,14,19H,3,10-13,15H2,1-2H3;3-4,9,11H,2,5-8H2,1H3,(H,19,20,21);1-2,7,9H,3-6H2,(H,21,22)(H,17,18,19);1-2,7,9,15H,3-6H2;1-3H;5-7H,1-4H2;(H,6,7). The van der Waals surface area contributed by atoms with Crippen LogP contribution in [-0.2, 0) is 20.8 Å². The van der Waals surface area contributed by atoms with E-state index in [2.05, 4.69) is 88.6 Å². The summed E-state index contributed by atoms with van der Waals surface area (Å²) in [4.78, 5) is 53.1. The monoisotopic (exact) mass is 1980 g/mol. The molecule has 6 aromatic carbocycles. The number of methoxy groups -OCH3 is 1. The number of benzene rings is 6. The number of aromatic amines is 2. The molecule has 0 spiro atoms. The zero-order valence-electron chi connectivity index (χ0n) is 64.7. The van der Waals surface area contributed by atoms with E-state index in [1.54, 1.807) is 49.9 Å². The molecule has 0 aliphatic carbocycles. The SMILES string of the molecule is CCOC(=O)c1[nH]nnc1OC1CCN(c2ccc(Cl)c(Cl)c2)CC1.CCOC(=O)c1nnn(Cc2ccc(OC)cc2)c1OC1CCN(c2ccc(Cl)c(Cl)c2)CC1.Clc1ccc(I)cc1Cl.O=C(O)C(F)(F)F.O=C(O)c1[nH]nnc1OC1CCN(c2ccc(Cl)c(Cl)c2)CC1.OC1CCN(c2ccc(Cl)c(Cl)c2)CC1.OC1CCNCC1. The number of halogens is 14. The van der Waals surface area contributed by atoms with E-state index in [4.69, 9.17) is 165 Å². The number of H-pyrrole nitrogens is 2. The van der Waals surface area contributed by atoms with Crippen LogP contribution in [0.4, 0.5) is 35.9 Å². The smallest absolute Gasteiger partial charge is 0.490 e. The Balaban J connectivity index is 0.000000186. The van der Waals surface area contributed by atoms with Crippen molar-refractivity contribution < 1.29 is 81.2 Å². The van der Waals surface area contributed by atoms with E-state index in [-0.39, 0.29) is 72.6 Å². The third-order valence-corrected chi connectivity index (χ3v) is 22.9. The molecule has 0 radical (unpaired) electrons. The van der Waals surface area contributed by atoms with Crippen molar-refractivity contribution in [3.63, 3.8) is 0 Å². The van der Waals surface area contributed by atoms with Crippen molar-refractivity contribution >= 4 is 185 Å². The lowest BCUT2D eigenvalue weighted by Gasteiger charge is -2.33. The molecule has 5 fully saturated rings. The molecule has 0 atom stereocenters. The van der Waals surface area contributed by atoms with Crippen molar-refractivity contribution in [1.29, 1.82) is 0 Å². The number of aliphatic carboxylic acids is 1. The van der Waals surface area contributed by atoms with Crippen LogP contribution >= 0.6 is 139 Å². The molecule has 8 heterocycles. The number of carboxylic acid groups (broad SMARTS) is 2. The van der Waals surface area contributed by atoms with Gasteiger partial charge in [-0.1, -0.05) is 154 Å². The molecule has 650 valence electrons. The topological polar surface area (TPSA) is 343 Å². The van der Waals surface area contributed by atoms with E-state index in [0.29, 0.717) is 62.7 Å². The van der Waals surface area contributed by atoms with Gasteiger partial charge in [-0.15, -0.1) is 5.10 Å². The second-order valence-corrected chi connectivity index (χ2v) is 32.2. The highest BCUT2D eigenvalue weighted by Crippen LogP contribution is 2.36. The third kappa shape index (κ3) is 31.0. The second-order valence-electron chi connectivity index (χ2n) is 26.8. The summed E-state index contributed by atoms with van der Waals surface area (Å²) in [6.45, 7) is 12.8. The van der Waals surface area contributed by atoms with Crippen molar-refractivity contribution in [3.8, 4) is 23.4 Å². The first-order valence-corrected chi connectivity index (χ1v) is 42.4. The van der Waals surface area contributed by atoms with E-state index >= 15 is 0 Å². The largest absolute Gasteiger partial charge is 0.497 e. The molecule has 0 unspecified atom stereocenters. The zero-order valence-corrected chi connectivity index (χ0v) is 74.4. The van der Waals surface area contributed by atoms with Crippen LogP contribution in [0, 0.1) is 3.57 Å². The van der Waals surface area contributed by atoms with E-state index in [1.807, 2.05) is 91.0 Å². The fraction of sp³-hybridized carbons (Fsp3) is 0.410. The highest BCUT2D eigenvalue weighted by atomic mass is 127. The van der Waals surface area contributed by atoms with E-state index < -0.39 is 30.1 Å². The Morgan fingerprint density at radius 3 is 1.18 bits per heavy atom. The molecule has 5 saturated heterocycles. The fourth-order valence-corrected chi connectivity index (χ4v) is 14.3. The van der Waals surface area contributed by atoms with Gasteiger partial charge < -0.3 is 73.8 Å². The summed E-state index contributed by atoms with van der Waals surface area (Å²) in [5.74, 6) is -3.66. The molecule has 0 bridgehead atoms. The summed E-state index contributed by atoms with van der Waals surface area (Å²) in [6.07, 6.45) is 2.58. The number of ether oxygens (including phenoxy) is 6. The maximum absolute atomic E-state index is 12.5. The number of aliphatic hydroxyl groups is 2. The van der Waals surface area contributed by atoms with Gasteiger partial charge in [0.1, 0.15) is 24.1 Å². The molecule has 120 heavy (non-hydrogen) atoms. The van der Waals surface area contributed by atoms with Gasteiger partial charge in [0.05, 0.1) is 89.3 Å². The van der Waals surface area contributed by atoms with Gasteiger partial charge in [0.2, 0.25) is 23.0 Å². The highest BCUT2D eigenvalue weighted by Gasteiger charge is 2.38. The third-order valence-electron chi connectivity index (χ3n) is 18.5. The van der Waals surface area contributed by atoms with Gasteiger partial charge in [0.25, 0.3) is 11.8 Å². The Morgan fingerprint density at radius 1 is 0.475 bits per heavy atom. The van der Waals surface area contributed by atoms with Crippen molar-refractivity contribution in [3.05, 3.63) is 192 Å². The average Bonchev–Trinajstić information content (AvgIpc) is 1.44. The molecule has 9 aromatic rings. The number of anilines is 4. The van der Waals surface area contributed by atoms with Crippen LogP contribution in [0.1, 0.15) is 115 Å². The van der Waals surface area contributed by atoms with Crippen LogP contribution in [0.3, 0.4) is 0 Å². The first-order chi connectivity index (χ1) is 57.3. The minimum absolute atomic E-state index is 0.0266. The summed E-state index contributed by atoms with van der Waals surface area (Å²) in [5, 5.41) is 70.8. The number of aromatic nitrogens is 9. The summed E-state index contributed by atoms with van der Waals surface area (Å²) < 4.78 is 67.6. The van der Waals surface area contributed by atoms with Gasteiger partial charge in [-0.2, -0.15) is 13.2 Å². The first kappa shape index (κ1) is 97.8. The molecule has 3 aromatic heterocycles. The Kier molecular flexibility index (Phi) is 39.9. The minimum atomic E-state index is -5.08. The lowest BCUT2D eigenvalue weighted by atomic mass is 10.1. The molecule has 7 N–H and O–H groups in total. The zero-order chi connectivity index (χ0) is 87.2. The van der Waals surface area contributed by atoms with Gasteiger partial charge in [0.15, 0.2) is 0 Å². The lowest BCUT2D eigenvalue weighted by molar-refractivity contribution is -0.192. The number of carbonyl (C=O) groups is 4. The number of carbonyl (C=O) groups excluding carboxylic acids is 2. The van der Waals surface area contributed by atoms with E-state index in [9.17, 15) is 32.7 Å². The van der Waals surface area contributed by atoms with Crippen molar-refractivity contribution in [2.24, 2.45) is 0 Å². The Bertz CT molecular complexity index is 4760. The molecular weight excluding hydrogens is 1900 g/mol. The van der Waals surface area contributed by atoms with Gasteiger partial charge in [0, 0.05) is 117 Å². The van der Waals surface area contributed by atoms with Crippen LogP contribution in [-0.4, -0.2) is 213 Å². The summed E-state index contributed by atoms with van der Waals surface area (Å²) in [6, 6.07) is 35.6. The van der Waals surface area contributed by atoms with Crippen molar-refractivity contribution in [1.82, 2.24) is 51.1 Å². The number of nitrogens with one attached hydrogen (secondary N) is 3.